The van der Waals surface area contributed by atoms with E-state index in [0.717, 1.165) is 19.5 Å². The van der Waals surface area contributed by atoms with E-state index in [0.29, 0.717) is 12.6 Å². The number of nitrogens with zero attached hydrogens (tertiary/aromatic N) is 2. The molecule has 2 rings (SSSR count). The van der Waals surface area contributed by atoms with Crippen molar-refractivity contribution in [3.63, 3.8) is 0 Å². The van der Waals surface area contributed by atoms with Gasteiger partial charge in [0.2, 0.25) is 5.91 Å². The number of likely N-dealkylation sites (tertiary alicyclic amines) is 2. The van der Waals surface area contributed by atoms with Gasteiger partial charge in [0, 0.05) is 24.7 Å². The van der Waals surface area contributed by atoms with Gasteiger partial charge in [-0.05, 0) is 59.5 Å². The summed E-state index contributed by atoms with van der Waals surface area (Å²) in [5.41, 5.74) is 0.0137. The first kappa shape index (κ1) is 14.8. The van der Waals surface area contributed by atoms with E-state index in [1.54, 1.807) is 0 Å². The summed E-state index contributed by atoms with van der Waals surface area (Å²) in [6.45, 7) is 11.1. The number of piperidine rings is 1. The van der Waals surface area contributed by atoms with Gasteiger partial charge in [-0.1, -0.05) is 0 Å². The summed E-state index contributed by atoms with van der Waals surface area (Å²) in [6, 6.07) is 0.606. The highest BCUT2D eigenvalue weighted by molar-refractivity contribution is 5.78. The number of nitrogens with one attached hydrogen (secondary N) is 1. The Labute approximate surface area is 117 Å². The van der Waals surface area contributed by atoms with E-state index >= 15 is 0 Å². The zero-order valence-corrected chi connectivity index (χ0v) is 12.7. The molecule has 4 heteroatoms. The summed E-state index contributed by atoms with van der Waals surface area (Å²) >= 11 is 0. The van der Waals surface area contributed by atoms with Crippen molar-refractivity contribution in [3.8, 4) is 0 Å². The van der Waals surface area contributed by atoms with Gasteiger partial charge in [0.25, 0.3) is 0 Å². The summed E-state index contributed by atoms with van der Waals surface area (Å²) in [6.07, 6.45) is 5.07. The van der Waals surface area contributed by atoms with Crippen LogP contribution in [0.2, 0.25) is 0 Å². The van der Waals surface area contributed by atoms with Gasteiger partial charge in [-0.25, -0.2) is 0 Å². The molecule has 1 atom stereocenters. The van der Waals surface area contributed by atoms with Crippen LogP contribution in [0.5, 0.6) is 0 Å². The number of hydrogen-bond donors (Lipinski definition) is 1. The first-order valence-electron chi connectivity index (χ1n) is 7.72. The zero-order valence-electron chi connectivity index (χ0n) is 12.7. The fraction of sp³-hybridized carbons (Fsp3) is 0.933. The maximum atomic E-state index is 12.3. The van der Waals surface area contributed by atoms with E-state index in [1.807, 2.05) is 0 Å². The molecule has 0 aromatic heterocycles. The Morgan fingerprint density at radius 2 is 1.84 bits per heavy atom. The molecule has 0 radical (unpaired) electrons. The van der Waals surface area contributed by atoms with Gasteiger partial charge in [0.15, 0.2) is 0 Å². The molecule has 0 saturated carbocycles. The third kappa shape index (κ3) is 4.46. The molecule has 2 fully saturated rings. The molecule has 2 heterocycles. The Hall–Kier alpha value is -0.610. The number of hydrogen-bond acceptors (Lipinski definition) is 3. The van der Waals surface area contributed by atoms with Gasteiger partial charge < -0.3 is 10.2 Å². The summed E-state index contributed by atoms with van der Waals surface area (Å²) in [4.78, 5) is 16.9. The molecule has 19 heavy (non-hydrogen) atoms. The van der Waals surface area contributed by atoms with Crippen LogP contribution in [0.15, 0.2) is 0 Å². The Balaban J connectivity index is 1.81. The molecule has 1 unspecified atom stereocenters. The summed E-state index contributed by atoms with van der Waals surface area (Å²) in [5, 5.41) is 3.30. The molecule has 110 valence electrons. The lowest BCUT2D eigenvalue weighted by Crippen LogP contribution is -2.52. The fourth-order valence-electron chi connectivity index (χ4n) is 3.04. The molecule has 2 saturated heterocycles. The lowest BCUT2D eigenvalue weighted by atomic mass is 10.0. The van der Waals surface area contributed by atoms with Gasteiger partial charge in [0.05, 0.1) is 6.54 Å². The fourth-order valence-corrected chi connectivity index (χ4v) is 3.04. The maximum absolute atomic E-state index is 12.3. The Morgan fingerprint density at radius 3 is 2.47 bits per heavy atom. The predicted molar refractivity (Wildman–Crippen MR) is 78.2 cm³/mol. The van der Waals surface area contributed by atoms with Crippen molar-refractivity contribution in [2.75, 3.05) is 32.7 Å². The highest BCUT2D eigenvalue weighted by atomic mass is 16.2. The number of amides is 1. The molecule has 1 N–H and O–H groups in total. The lowest BCUT2D eigenvalue weighted by molar-refractivity contribution is -0.132. The lowest BCUT2D eigenvalue weighted by Gasteiger charge is -2.38. The molecular formula is C15H29N3O. The number of carbonyl (C=O) groups excluding carboxylic acids is 1. The minimum atomic E-state index is 0.0137. The highest BCUT2D eigenvalue weighted by Gasteiger charge is 2.29. The summed E-state index contributed by atoms with van der Waals surface area (Å²) < 4.78 is 0. The molecule has 1 amide bonds. The number of carbonyl (C=O) groups is 1. The second-order valence-electron chi connectivity index (χ2n) is 6.98. The Bertz CT molecular complexity index is 305. The smallest absolute Gasteiger partial charge is 0.236 e. The van der Waals surface area contributed by atoms with E-state index in [2.05, 4.69) is 35.9 Å². The van der Waals surface area contributed by atoms with Crippen LogP contribution in [0.4, 0.5) is 0 Å². The normalized spacial score (nSPS) is 25.8. The van der Waals surface area contributed by atoms with Crippen LogP contribution in [-0.2, 0) is 4.79 Å². The molecule has 0 aliphatic carbocycles. The molecule has 4 nitrogen and oxygen atoms in total. The van der Waals surface area contributed by atoms with Crippen LogP contribution in [0.25, 0.3) is 0 Å². The van der Waals surface area contributed by atoms with Crippen LogP contribution in [-0.4, -0.2) is 60.0 Å². The van der Waals surface area contributed by atoms with Crippen LogP contribution >= 0.6 is 0 Å². The van der Waals surface area contributed by atoms with E-state index in [-0.39, 0.29) is 11.4 Å². The van der Waals surface area contributed by atoms with Gasteiger partial charge in [-0.15, -0.1) is 0 Å². The third-order valence-corrected chi connectivity index (χ3v) is 4.18. The van der Waals surface area contributed by atoms with Gasteiger partial charge >= 0.3 is 0 Å². The van der Waals surface area contributed by atoms with Crippen LogP contribution in [0, 0.1) is 0 Å². The molecule has 0 aromatic rings. The van der Waals surface area contributed by atoms with Crippen molar-refractivity contribution in [2.24, 2.45) is 0 Å². The first-order valence-corrected chi connectivity index (χ1v) is 7.72. The van der Waals surface area contributed by atoms with Crippen molar-refractivity contribution in [1.29, 1.82) is 0 Å². The van der Waals surface area contributed by atoms with Gasteiger partial charge in [-0.3, -0.25) is 9.69 Å². The van der Waals surface area contributed by atoms with Crippen LogP contribution < -0.4 is 5.32 Å². The molecule has 2 aliphatic rings. The topological polar surface area (TPSA) is 35.6 Å². The average Bonchev–Trinajstić information content (AvgIpc) is 2.89. The van der Waals surface area contributed by atoms with Gasteiger partial charge in [0.1, 0.15) is 0 Å². The van der Waals surface area contributed by atoms with E-state index in [4.69, 9.17) is 0 Å². The molecular weight excluding hydrogens is 238 g/mol. The van der Waals surface area contributed by atoms with Crippen molar-refractivity contribution in [2.45, 2.75) is 58.0 Å². The maximum Gasteiger partial charge on any atom is 0.236 e. The third-order valence-electron chi connectivity index (χ3n) is 4.18. The first-order chi connectivity index (χ1) is 8.96. The summed E-state index contributed by atoms with van der Waals surface area (Å²) in [7, 11) is 0. The van der Waals surface area contributed by atoms with Crippen LogP contribution in [0.3, 0.4) is 0 Å². The highest BCUT2D eigenvalue weighted by Crippen LogP contribution is 2.20. The molecule has 0 aromatic carbocycles. The predicted octanol–water partition coefficient (Wildman–Crippen LogP) is 1.46. The quantitative estimate of drug-likeness (QED) is 0.841. The Kier molecular flexibility index (Phi) is 4.85. The minimum Gasteiger partial charge on any atom is -0.340 e. The van der Waals surface area contributed by atoms with Crippen molar-refractivity contribution in [1.82, 2.24) is 15.1 Å². The average molecular weight is 267 g/mol. The minimum absolute atomic E-state index is 0.0137. The Morgan fingerprint density at radius 1 is 1.16 bits per heavy atom. The summed E-state index contributed by atoms with van der Waals surface area (Å²) in [5.74, 6) is 0.263. The van der Waals surface area contributed by atoms with Crippen LogP contribution in [0.1, 0.15) is 46.5 Å². The van der Waals surface area contributed by atoms with E-state index in [1.165, 1.54) is 32.4 Å². The van der Waals surface area contributed by atoms with Crippen molar-refractivity contribution < 1.29 is 4.79 Å². The van der Waals surface area contributed by atoms with Crippen molar-refractivity contribution in [3.05, 3.63) is 0 Å². The zero-order chi connectivity index (χ0) is 13.9. The van der Waals surface area contributed by atoms with E-state index in [9.17, 15) is 4.79 Å². The van der Waals surface area contributed by atoms with E-state index < -0.39 is 0 Å². The second-order valence-corrected chi connectivity index (χ2v) is 6.98. The largest absolute Gasteiger partial charge is 0.340 e. The molecule has 0 spiro atoms. The second kappa shape index (κ2) is 6.23. The number of rotatable bonds is 3. The SMILES string of the molecule is CC(C)(C)NCC(=O)N1CCCC(N2CCCC2)C1. The van der Waals surface area contributed by atoms with Crippen molar-refractivity contribution >= 4 is 5.91 Å². The monoisotopic (exact) mass is 267 g/mol. The molecule has 0 bridgehead atoms. The molecule has 2 aliphatic heterocycles. The standard InChI is InChI=1S/C15H29N3O/c1-15(2,3)16-11-14(19)18-10-6-7-13(12-18)17-8-4-5-9-17/h13,16H,4-12H2,1-3H3. The van der Waals surface area contributed by atoms with Gasteiger partial charge in [-0.2, -0.15) is 0 Å².